The molecule has 0 saturated heterocycles. The summed E-state index contributed by atoms with van der Waals surface area (Å²) in [7, 11) is 0. The highest BCUT2D eigenvalue weighted by Crippen LogP contribution is 2.20. The molecule has 1 fully saturated rings. The molecule has 26 heavy (non-hydrogen) atoms. The maximum Gasteiger partial charge on any atom is 0.251 e. The van der Waals surface area contributed by atoms with Gasteiger partial charge in [-0.05, 0) is 51.0 Å². The highest BCUT2D eigenvalue weighted by Gasteiger charge is 2.15. The van der Waals surface area contributed by atoms with Gasteiger partial charge < -0.3 is 14.6 Å². The molecule has 1 saturated carbocycles. The number of hydrogen-bond acceptors (Lipinski definition) is 4. The zero-order valence-corrected chi connectivity index (χ0v) is 15.7. The Morgan fingerprint density at radius 1 is 1.12 bits per heavy atom. The van der Waals surface area contributed by atoms with Crippen LogP contribution in [0, 0.1) is 13.8 Å². The van der Waals surface area contributed by atoms with Gasteiger partial charge in [0.15, 0.2) is 0 Å². The first kappa shape index (κ1) is 18.5. The summed E-state index contributed by atoms with van der Waals surface area (Å²) >= 11 is 0. The van der Waals surface area contributed by atoms with Crippen LogP contribution in [0.5, 0.6) is 5.75 Å². The minimum absolute atomic E-state index is 0.00727. The van der Waals surface area contributed by atoms with E-state index in [1.54, 1.807) is 0 Å². The van der Waals surface area contributed by atoms with Gasteiger partial charge >= 0.3 is 0 Å². The second kappa shape index (κ2) is 8.88. The third kappa shape index (κ3) is 4.87. The molecule has 1 aromatic carbocycles. The summed E-state index contributed by atoms with van der Waals surface area (Å²) in [5.74, 6) is 1.51. The van der Waals surface area contributed by atoms with Crippen LogP contribution in [-0.2, 0) is 6.61 Å². The number of carbonyl (C=O) groups is 1. The summed E-state index contributed by atoms with van der Waals surface area (Å²) in [6.07, 6.45) is 8.48. The normalized spacial score (nSPS) is 15.9. The predicted molar refractivity (Wildman–Crippen MR) is 100 cm³/mol. The quantitative estimate of drug-likeness (QED) is 0.842. The standard InChI is InChI=1S/C21H28N2O3/c1-15-20(16(2)26-23-15)14-25-19-12-10-17(11-13-19)21(24)22-18-8-6-4-3-5-7-9-18/h10-13,18H,3-9,14H2,1-2H3,(H,22,24). The molecule has 0 radical (unpaired) electrons. The summed E-state index contributed by atoms with van der Waals surface area (Å²) in [5, 5.41) is 7.12. The monoisotopic (exact) mass is 356 g/mol. The lowest BCUT2D eigenvalue weighted by Crippen LogP contribution is -2.35. The molecule has 140 valence electrons. The molecule has 1 aliphatic carbocycles. The molecule has 1 aliphatic rings. The van der Waals surface area contributed by atoms with Crippen molar-refractivity contribution < 1.29 is 14.1 Å². The molecule has 2 aromatic rings. The van der Waals surface area contributed by atoms with E-state index in [1.807, 2.05) is 38.1 Å². The number of benzene rings is 1. The third-order valence-electron chi connectivity index (χ3n) is 5.12. The number of carbonyl (C=O) groups excluding carboxylic acids is 1. The lowest BCUT2D eigenvalue weighted by molar-refractivity contribution is 0.0930. The molecule has 1 heterocycles. The summed E-state index contributed by atoms with van der Waals surface area (Å²) in [4.78, 5) is 12.5. The van der Waals surface area contributed by atoms with E-state index in [0.29, 0.717) is 18.2 Å². The van der Waals surface area contributed by atoms with Gasteiger partial charge in [0.05, 0.1) is 11.3 Å². The van der Waals surface area contributed by atoms with E-state index >= 15 is 0 Å². The van der Waals surface area contributed by atoms with Gasteiger partial charge in [0.2, 0.25) is 0 Å². The van der Waals surface area contributed by atoms with Gasteiger partial charge in [-0.15, -0.1) is 0 Å². The van der Waals surface area contributed by atoms with E-state index in [2.05, 4.69) is 10.5 Å². The van der Waals surface area contributed by atoms with Gasteiger partial charge in [-0.2, -0.15) is 0 Å². The van der Waals surface area contributed by atoms with E-state index in [9.17, 15) is 4.79 Å². The van der Waals surface area contributed by atoms with Crippen molar-refractivity contribution in [3.8, 4) is 5.75 Å². The average Bonchev–Trinajstić information content (AvgIpc) is 2.94. The minimum Gasteiger partial charge on any atom is -0.489 e. The summed E-state index contributed by atoms with van der Waals surface area (Å²) in [6.45, 7) is 4.19. The van der Waals surface area contributed by atoms with Crippen LogP contribution in [0.2, 0.25) is 0 Å². The summed E-state index contributed by atoms with van der Waals surface area (Å²) < 4.78 is 10.9. The molecule has 0 unspecified atom stereocenters. The van der Waals surface area contributed by atoms with Crippen molar-refractivity contribution in [3.63, 3.8) is 0 Å². The predicted octanol–water partition coefficient (Wildman–Crippen LogP) is 4.71. The molecular weight excluding hydrogens is 328 g/mol. The number of aryl methyl sites for hydroxylation is 2. The van der Waals surface area contributed by atoms with E-state index in [1.165, 1.54) is 32.1 Å². The SMILES string of the molecule is Cc1noc(C)c1COc1ccc(C(=O)NC2CCCCCCC2)cc1. The lowest BCUT2D eigenvalue weighted by Gasteiger charge is -2.21. The molecule has 5 nitrogen and oxygen atoms in total. The Labute approximate surface area is 155 Å². The first-order chi connectivity index (χ1) is 12.6. The van der Waals surface area contributed by atoms with E-state index in [-0.39, 0.29) is 5.91 Å². The molecule has 0 atom stereocenters. The highest BCUT2D eigenvalue weighted by atomic mass is 16.5. The largest absolute Gasteiger partial charge is 0.489 e. The maximum absolute atomic E-state index is 12.5. The molecule has 1 amide bonds. The van der Waals surface area contributed by atoms with E-state index in [0.717, 1.165) is 35.6 Å². The zero-order valence-electron chi connectivity index (χ0n) is 15.7. The number of hydrogen-bond donors (Lipinski definition) is 1. The maximum atomic E-state index is 12.5. The Hall–Kier alpha value is -2.30. The average molecular weight is 356 g/mol. The van der Waals surface area contributed by atoms with Crippen LogP contribution in [0.15, 0.2) is 28.8 Å². The van der Waals surface area contributed by atoms with Gasteiger partial charge in [-0.3, -0.25) is 4.79 Å². The number of nitrogens with one attached hydrogen (secondary N) is 1. The minimum atomic E-state index is 0.00727. The Bertz CT molecular complexity index is 694. The molecule has 3 rings (SSSR count). The van der Waals surface area contributed by atoms with Gasteiger partial charge in [-0.1, -0.05) is 37.3 Å². The Balaban J connectivity index is 1.53. The van der Waals surface area contributed by atoms with Gasteiger partial charge in [0, 0.05) is 11.6 Å². The number of nitrogens with zero attached hydrogens (tertiary/aromatic N) is 1. The van der Waals surface area contributed by atoms with Gasteiger partial charge in [0.1, 0.15) is 18.1 Å². The summed E-state index contributed by atoms with van der Waals surface area (Å²) in [6, 6.07) is 7.62. The molecule has 1 N–H and O–H groups in total. The Morgan fingerprint density at radius 3 is 2.38 bits per heavy atom. The first-order valence-corrected chi connectivity index (χ1v) is 9.59. The second-order valence-corrected chi connectivity index (χ2v) is 7.13. The number of amides is 1. The van der Waals surface area contributed by atoms with Crippen LogP contribution in [0.25, 0.3) is 0 Å². The Morgan fingerprint density at radius 2 is 1.77 bits per heavy atom. The molecule has 0 spiro atoms. The van der Waals surface area contributed by atoms with Crippen molar-refractivity contribution in [2.75, 3.05) is 0 Å². The van der Waals surface area contributed by atoms with Gasteiger partial charge in [-0.25, -0.2) is 0 Å². The third-order valence-corrected chi connectivity index (χ3v) is 5.12. The summed E-state index contributed by atoms with van der Waals surface area (Å²) in [5.41, 5.74) is 2.49. The first-order valence-electron chi connectivity index (χ1n) is 9.59. The van der Waals surface area contributed by atoms with Crippen LogP contribution >= 0.6 is 0 Å². The van der Waals surface area contributed by atoms with Crippen molar-refractivity contribution >= 4 is 5.91 Å². The molecule has 0 bridgehead atoms. The van der Waals surface area contributed by atoms with Crippen LogP contribution < -0.4 is 10.1 Å². The molecule has 0 aliphatic heterocycles. The topological polar surface area (TPSA) is 64.4 Å². The molecule has 1 aromatic heterocycles. The fourth-order valence-corrected chi connectivity index (χ4v) is 3.44. The molecular formula is C21H28N2O3. The van der Waals surface area contributed by atoms with Crippen LogP contribution in [0.4, 0.5) is 0 Å². The van der Waals surface area contributed by atoms with Crippen molar-refractivity contribution in [2.45, 2.75) is 71.4 Å². The zero-order chi connectivity index (χ0) is 18.4. The van der Waals surface area contributed by atoms with E-state index in [4.69, 9.17) is 9.26 Å². The number of ether oxygens (including phenoxy) is 1. The Kier molecular flexibility index (Phi) is 6.31. The molecule has 5 heteroatoms. The van der Waals surface area contributed by atoms with Crippen molar-refractivity contribution in [2.24, 2.45) is 0 Å². The number of aromatic nitrogens is 1. The van der Waals surface area contributed by atoms with E-state index < -0.39 is 0 Å². The van der Waals surface area contributed by atoms with Crippen molar-refractivity contribution in [3.05, 3.63) is 46.8 Å². The van der Waals surface area contributed by atoms with Gasteiger partial charge in [0.25, 0.3) is 5.91 Å². The smallest absolute Gasteiger partial charge is 0.251 e. The fourth-order valence-electron chi connectivity index (χ4n) is 3.44. The highest BCUT2D eigenvalue weighted by molar-refractivity contribution is 5.94. The lowest BCUT2D eigenvalue weighted by atomic mass is 9.96. The fraction of sp³-hybridized carbons (Fsp3) is 0.524. The van der Waals surface area contributed by atoms with Crippen LogP contribution in [0.3, 0.4) is 0 Å². The van der Waals surface area contributed by atoms with Crippen molar-refractivity contribution in [1.29, 1.82) is 0 Å². The van der Waals surface area contributed by atoms with Crippen molar-refractivity contribution in [1.82, 2.24) is 10.5 Å². The van der Waals surface area contributed by atoms with Crippen LogP contribution in [-0.4, -0.2) is 17.1 Å². The second-order valence-electron chi connectivity index (χ2n) is 7.13. The number of rotatable bonds is 5. The van der Waals surface area contributed by atoms with Crippen LogP contribution in [0.1, 0.15) is 72.3 Å².